The molecule has 4 rings (SSSR count). The van der Waals surface area contributed by atoms with E-state index in [0.717, 1.165) is 29.6 Å². The van der Waals surface area contributed by atoms with E-state index in [2.05, 4.69) is 13.8 Å². The molecule has 4 aliphatic rings. The lowest BCUT2D eigenvalue weighted by Gasteiger charge is -2.56. The van der Waals surface area contributed by atoms with Crippen LogP contribution < -0.4 is 0 Å². The Morgan fingerprint density at radius 1 is 0.867 bits per heavy atom. The Bertz CT molecular complexity index is 218. The van der Waals surface area contributed by atoms with E-state index in [1.165, 1.54) is 25.7 Å². The molecule has 0 saturated heterocycles. The standard InChI is InChI=1S/C14H23Cl/c1-8(2)14(15)13-11-4-9-3-10(6-11)7-12(13)5-9/h8-14H,3-7H2,1-2H3. The van der Waals surface area contributed by atoms with Crippen molar-refractivity contribution < 1.29 is 0 Å². The van der Waals surface area contributed by atoms with Gasteiger partial charge in [-0.3, -0.25) is 0 Å². The molecule has 86 valence electrons. The molecule has 1 atom stereocenters. The second kappa shape index (κ2) is 3.65. The predicted molar refractivity (Wildman–Crippen MR) is 65.0 cm³/mol. The Morgan fingerprint density at radius 3 is 1.73 bits per heavy atom. The molecule has 15 heavy (non-hydrogen) atoms. The van der Waals surface area contributed by atoms with Crippen LogP contribution in [0.3, 0.4) is 0 Å². The second-order valence-electron chi connectivity index (χ2n) is 6.70. The summed E-state index contributed by atoms with van der Waals surface area (Å²) in [7, 11) is 0. The van der Waals surface area contributed by atoms with Crippen molar-refractivity contribution in [1.29, 1.82) is 0 Å². The zero-order chi connectivity index (χ0) is 10.6. The van der Waals surface area contributed by atoms with E-state index < -0.39 is 0 Å². The molecule has 0 aromatic carbocycles. The molecule has 0 spiro atoms. The normalized spacial score (nSPS) is 50.0. The molecule has 0 aromatic heterocycles. The van der Waals surface area contributed by atoms with Crippen LogP contribution in [0.25, 0.3) is 0 Å². The summed E-state index contributed by atoms with van der Waals surface area (Å²) in [5.41, 5.74) is 0. The summed E-state index contributed by atoms with van der Waals surface area (Å²) in [6, 6.07) is 0. The number of alkyl halides is 1. The summed E-state index contributed by atoms with van der Waals surface area (Å²) in [5, 5.41) is 0.444. The van der Waals surface area contributed by atoms with Crippen LogP contribution in [0.15, 0.2) is 0 Å². The van der Waals surface area contributed by atoms with E-state index in [-0.39, 0.29) is 0 Å². The second-order valence-corrected chi connectivity index (χ2v) is 7.20. The average molecular weight is 227 g/mol. The van der Waals surface area contributed by atoms with Gasteiger partial charge in [0.05, 0.1) is 0 Å². The third-order valence-electron chi connectivity index (χ3n) is 5.30. The van der Waals surface area contributed by atoms with Gasteiger partial charge in [0.25, 0.3) is 0 Å². The zero-order valence-corrected chi connectivity index (χ0v) is 10.7. The van der Waals surface area contributed by atoms with Gasteiger partial charge >= 0.3 is 0 Å². The van der Waals surface area contributed by atoms with Crippen molar-refractivity contribution >= 4 is 11.6 Å². The highest BCUT2D eigenvalue weighted by Gasteiger charge is 2.50. The fourth-order valence-electron chi connectivity index (χ4n) is 4.93. The quantitative estimate of drug-likeness (QED) is 0.616. The van der Waals surface area contributed by atoms with Crippen LogP contribution in [0.1, 0.15) is 46.0 Å². The Morgan fingerprint density at radius 2 is 1.33 bits per heavy atom. The largest absolute Gasteiger partial charge is 0.122 e. The highest BCUT2D eigenvalue weighted by Crippen LogP contribution is 2.58. The first-order valence-corrected chi connectivity index (χ1v) is 7.23. The Balaban J connectivity index is 1.80. The van der Waals surface area contributed by atoms with Crippen LogP contribution in [-0.2, 0) is 0 Å². The zero-order valence-electron chi connectivity index (χ0n) is 9.95. The van der Waals surface area contributed by atoms with Gasteiger partial charge in [0, 0.05) is 5.38 Å². The smallest absolute Gasteiger partial charge is 0.0392 e. The first-order chi connectivity index (χ1) is 7.15. The highest BCUT2D eigenvalue weighted by atomic mass is 35.5. The van der Waals surface area contributed by atoms with Gasteiger partial charge in [-0.25, -0.2) is 0 Å². The summed E-state index contributed by atoms with van der Waals surface area (Å²) in [5.74, 6) is 5.67. The molecule has 4 aliphatic carbocycles. The van der Waals surface area contributed by atoms with Gasteiger partial charge in [-0.2, -0.15) is 0 Å². The molecule has 1 unspecified atom stereocenters. The number of hydrogen-bond acceptors (Lipinski definition) is 0. The molecule has 0 heterocycles. The van der Waals surface area contributed by atoms with Gasteiger partial charge in [-0.1, -0.05) is 13.8 Å². The van der Waals surface area contributed by atoms with Crippen LogP contribution in [0.2, 0.25) is 0 Å². The van der Waals surface area contributed by atoms with Crippen molar-refractivity contribution in [1.82, 2.24) is 0 Å². The molecule has 4 saturated carbocycles. The van der Waals surface area contributed by atoms with E-state index in [9.17, 15) is 0 Å². The highest BCUT2D eigenvalue weighted by molar-refractivity contribution is 6.21. The minimum atomic E-state index is 0.444. The Hall–Kier alpha value is 0.290. The average Bonchev–Trinajstić information content (AvgIpc) is 2.15. The van der Waals surface area contributed by atoms with Crippen LogP contribution in [0, 0.1) is 35.5 Å². The van der Waals surface area contributed by atoms with Crippen molar-refractivity contribution in [3.63, 3.8) is 0 Å². The van der Waals surface area contributed by atoms with Gasteiger partial charge < -0.3 is 0 Å². The molecular weight excluding hydrogens is 204 g/mol. The molecule has 0 aliphatic heterocycles. The third-order valence-corrected chi connectivity index (χ3v) is 6.10. The van der Waals surface area contributed by atoms with Crippen molar-refractivity contribution in [3.8, 4) is 0 Å². The van der Waals surface area contributed by atoms with E-state index in [1.807, 2.05) is 0 Å². The lowest BCUT2D eigenvalue weighted by atomic mass is 9.51. The molecule has 0 nitrogen and oxygen atoms in total. The van der Waals surface area contributed by atoms with E-state index >= 15 is 0 Å². The maximum atomic E-state index is 6.66. The summed E-state index contributed by atoms with van der Waals surface area (Å²) in [6.45, 7) is 4.59. The lowest BCUT2D eigenvalue weighted by Crippen LogP contribution is -2.49. The van der Waals surface area contributed by atoms with Crippen molar-refractivity contribution in [2.75, 3.05) is 0 Å². The van der Waals surface area contributed by atoms with Crippen LogP contribution in [0.5, 0.6) is 0 Å². The van der Waals surface area contributed by atoms with Gasteiger partial charge in [0.15, 0.2) is 0 Å². The number of halogens is 1. The number of rotatable bonds is 2. The summed E-state index contributed by atoms with van der Waals surface area (Å²) >= 11 is 6.66. The lowest BCUT2D eigenvalue weighted by molar-refractivity contribution is -0.0420. The first-order valence-electron chi connectivity index (χ1n) is 6.79. The van der Waals surface area contributed by atoms with E-state index in [0.29, 0.717) is 11.3 Å². The molecule has 0 aromatic rings. The van der Waals surface area contributed by atoms with Crippen LogP contribution >= 0.6 is 11.6 Å². The molecule has 4 bridgehead atoms. The minimum Gasteiger partial charge on any atom is -0.122 e. The maximum Gasteiger partial charge on any atom is 0.0392 e. The first kappa shape index (κ1) is 10.4. The van der Waals surface area contributed by atoms with Gasteiger partial charge in [0.2, 0.25) is 0 Å². The van der Waals surface area contributed by atoms with E-state index in [4.69, 9.17) is 11.6 Å². The van der Waals surface area contributed by atoms with Gasteiger partial charge in [0.1, 0.15) is 0 Å². The van der Waals surface area contributed by atoms with Crippen molar-refractivity contribution in [2.24, 2.45) is 35.5 Å². The van der Waals surface area contributed by atoms with Crippen molar-refractivity contribution in [3.05, 3.63) is 0 Å². The molecule has 0 N–H and O–H groups in total. The summed E-state index contributed by atoms with van der Waals surface area (Å²) in [4.78, 5) is 0. The fourth-order valence-corrected chi connectivity index (χ4v) is 5.34. The van der Waals surface area contributed by atoms with E-state index in [1.54, 1.807) is 6.42 Å². The fraction of sp³-hybridized carbons (Fsp3) is 1.00. The van der Waals surface area contributed by atoms with Gasteiger partial charge in [-0.15, -0.1) is 11.6 Å². The van der Waals surface area contributed by atoms with Crippen LogP contribution in [-0.4, -0.2) is 5.38 Å². The molecule has 0 amide bonds. The van der Waals surface area contributed by atoms with Gasteiger partial charge in [-0.05, 0) is 67.6 Å². The molecule has 4 fully saturated rings. The monoisotopic (exact) mass is 226 g/mol. The minimum absolute atomic E-state index is 0.444. The predicted octanol–water partition coefficient (Wildman–Crippen LogP) is 4.32. The SMILES string of the molecule is CC(C)C(Cl)C1C2CC3CC(C2)CC1C3. The van der Waals surface area contributed by atoms with Crippen molar-refractivity contribution in [2.45, 2.75) is 51.3 Å². The summed E-state index contributed by atoms with van der Waals surface area (Å²) < 4.78 is 0. The number of hydrogen-bond donors (Lipinski definition) is 0. The molecule has 0 radical (unpaired) electrons. The molecule has 1 heteroatoms. The molecular formula is C14H23Cl. The Labute approximate surface area is 98.8 Å². The third kappa shape index (κ3) is 1.64. The Kier molecular flexibility index (Phi) is 2.54. The van der Waals surface area contributed by atoms with Crippen LogP contribution in [0.4, 0.5) is 0 Å². The topological polar surface area (TPSA) is 0 Å². The maximum absolute atomic E-state index is 6.66. The summed E-state index contributed by atoms with van der Waals surface area (Å²) in [6.07, 6.45) is 7.58.